The maximum atomic E-state index is 13.7. The molecule has 0 radical (unpaired) electrons. The van der Waals surface area contributed by atoms with Crippen molar-refractivity contribution >= 4 is 22.5 Å². The fraction of sp³-hybridized carbons (Fsp3) is 0.500. The second kappa shape index (κ2) is 6.87. The van der Waals surface area contributed by atoms with Crippen molar-refractivity contribution in [2.45, 2.75) is 45.8 Å². The van der Waals surface area contributed by atoms with E-state index in [0.717, 1.165) is 23.5 Å². The van der Waals surface area contributed by atoms with Gasteiger partial charge >= 0.3 is 6.03 Å². The molecule has 2 aromatic rings. The number of ether oxygens (including phenoxy) is 1. The number of carbonyl (C=O) groups excluding carboxylic acids is 1. The largest absolute Gasteiger partial charge is 0.377 e. The number of nitrogens with zero attached hydrogens (tertiary/aromatic N) is 1. The Kier molecular flexibility index (Phi) is 4.68. The van der Waals surface area contributed by atoms with E-state index in [1.54, 1.807) is 25.3 Å². The molecule has 2 amide bonds. The maximum Gasteiger partial charge on any atom is 0.321 e. The van der Waals surface area contributed by atoms with Crippen LogP contribution in [0.15, 0.2) is 24.4 Å². The Morgan fingerprint density at radius 3 is 3.04 bits per heavy atom. The number of aryl methyl sites for hydroxylation is 1. The van der Waals surface area contributed by atoms with Gasteiger partial charge in [0, 0.05) is 41.5 Å². The first-order valence-corrected chi connectivity index (χ1v) is 10.0. The molecule has 144 valence electrons. The molecule has 7 heteroatoms. The summed E-state index contributed by atoms with van der Waals surface area (Å²) in [5, 5.41) is 6.46. The molecular weight excluding hydrogens is 365 g/mol. The molecular formula is C20H24FN3O2S. The van der Waals surface area contributed by atoms with Crippen molar-refractivity contribution in [3.05, 3.63) is 46.2 Å². The summed E-state index contributed by atoms with van der Waals surface area (Å²) in [7, 11) is 0. The minimum Gasteiger partial charge on any atom is -0.377 e. The van der Waals surface area contributed by atoms with Crippen LogP contribution >= 0.6 is 11.3 Å². The minimum absolute atomic E-state index is 0.0535. The van der Waals surface area contributed by atoms with E-state index in [0.29, 0.717) is 23.0 Å². The Balaban J connectivity index is 1.35. The second-order valence-corrected chi connectivity index (χ2v) is 9.15. The van der Waals surface area contributed by atoms with Crippen LogP contribution < -0.4 is 10.6 Å². The molecule has 2 aliphatic rings. The number of aromatic nitrogens is 1. The number of benzene rings is 1. The van der Waals surface area contributed by atoms with E-state index in [4.69, 9.17) is 4.74 Å². The SMILES string of the molecule is Cc1ccc(Cc2cnc(NC(=O)NC3C4CCOC4C3(C)C)s2)cc1F. The van der Waals surface area contributed by atoms with Gasteiger partial charge in [-0.25, -0.2) is 14.2 Å². The highest BCUT2D eigenvalue weighted by atomic mass is 32.1. The van der Waals surface area contributed by atoms with Gasteiger partial charge in [0.25, 0.3) is 0 Å². The van der Waals surface area contributed by atoms with Crippen LogP contribution in [0.1, 0.15) is 36.3 Å². The average Bonchev–Trinajstić information content (AvgIpc) is 3.24. The van der Waals surface area contributed by atoms with E-state index < -0.39 is 0 Å². The summed E-state index contributed by atoms with van der Waals surface area (Å²) in [4.78, 5) is 17.6. The van der Waals surface area contributed by atoms with Crippen LogP contribution in [0.2, 0.25) is 0 Å². The molecule has 1 aliphatic carbocycles. The van der Waals surface area contributed by atoms with Gasteiger partial charge in [-0.2, -0.15) is 0 Å². The molecule has 0 spiro atoms. The van der Waals surface area contributed by atoms with Crippen LogP contribution in [0, 0.1) is 24.1 Å². The van der Waals surface area contributed by atoms with Crippen molar-refractivity contribution in [2.75, 3.05) is 11.9 Å². The number of carbonyl (C=O) groups is 1. The third kappa shape index (κ3) is 3.46. The number of halogens is 1. The van der Waals surface area contributed by atoms with E-state index in [-0.39, 0.29) is 29.4 Å². The minimum atomic E-state index is -0.235. The standard InChI is InChI=1S/C20H24FN3O2S/c1-11-4-5-12(9-15(11)21)8-13-10-22-19(27-13)24-18(25)23-16-14-6-7-26-17(14)20(16,2)3/h4-5,9-10,14,16-17H,6-8H2,1-3H3,(H2,22,23,24,25). The number of anilines is 1. The number of hydrogen-bond acceptors (Lipinski definition) is 4. The molecule has 4 rings (SSSR count). The van der Waals surface area contributed by atoms with Gasteiger partial charge < -0.3 is 10.1 Å². The Morgan fingerprint density at radius 1 is 1.44 bits per heavy atom. The van der Waals surface area contributed by atoms with Crippen LogP contribution in [-0.2, 0) is 11.2 Å². The zero-order valence-corrected chi connectivity index (χ0v) is 16.5. The summed E-state index contributed by atoms with van der Waals surface area (Å²) in [6.07, 6.45) is 3.55. The molecule has 3 unspecified atom stereocenters. The van der Waals surface area contributed by atoms with Gasteiger partial charge in [-0.15, -0.1) is 11.3 Å². The quantitative estimate of drug-likeness (QED) is 0.827. The third-order valence-electron chi connectivity index (χ3n) is 5.78. The van der Waals surface area contributed by atoms with Crippen molar-refractivity contribution in [1.29, 1.82) is 0 Å². The van der Waals surface area contributed by atoms with Crippen LogP contribution in [0.5, 0.6) is 0 Å². The van der Waals surface area contributed by atoms with Crippen LogP contribution in [0.3, 0.4) is 0 Å². The molecule has 5 nitrogen and oxygen atoms in total. The Labute approximate surface area is 162 Å². The summed E-state index contributed by atoms with van der Waals surface area (Å²) in [5.41, 5.74) is 1.47. The molecule has 2 heterocycles. The summed E-state index contributed by atoms with van der Waals surface area (Å²) in [6, 6.07) is 5.11. The molecule has 1 aliphatic heterocycles. The predicted molar refractivity (Wildman–Crippen MR) is 104 cm³/mol. The Morgan fingerprint density at radius 2 is 2.26 bits per heavy atom. The summed E-state index contributed by atoms with van der Waals surface area (Å²) >= 11 is 1.41. The van der Waals surface area contributed by atoms with Gasteiger partial charge in [-0.1, -0.05) is 26.0 Å². The molecule has 1 aromatic heterocycles. The number of urea groups is 1. The van der Waals surface area contributed by atoms with E-state index >= 15 is 0 Å². The summed E-state index contributed by atoms with van der Waals surface area (Å²) < 4.78 is 19.5. The van der Waals surface area contributed by atoms with Gasteiger partial charge in [0.2, 0.25) is 0 Å². The molecule has 0 bridgehead atoms. The number of hydrogen-bond donors (Lipinski definition) is 2. The van der Waals surface area contributed by atoms with Crippen LogP contribution in [0.25, 0.3) is 0 Å². The number of thiazole rings is 1. The van der Waals surface area contributed by atoms with Gasteiger partial charge in [0.05, 0.1) is 6.10 Å². The van der Waals surface area contributed by atoms with Gasteiger partial charge in [0.1, 0.15) is 5.82 Å². The summed E-state index contributed by atoms with van der Waals surface area (Å²) in [6.45, 7) is 6.78. The fourth-order valence-corrected chi connectivity index (χ4v) is 5.13. The van der Waals surface area contributed by atoms with Crippen molar-refractivity contribution in [2.24, 2.45) is 11.3 Å². The maximum absolute atomic E-state index is 13.7. The van der Waals surface area contributed by atoms with Gasteiger partial charge in [-0.05, 0) is 30.5 Å². The van der Waals surface area contributed by atoms with E-state index in [9.17, 15) is 9.18 Å². The molecule has 3 atom stereocenters. The third-order valence-corrected chi connectivity index (χ3v) is 6.69. The first kappa shape index (κ1) is 18.4. The van der Waals surface area contributed by atoms with Crippen molar-refractivity contribution in [1.82, 2.24) is 10.3 Å². The lowest BCUT2D eigenvalue weighted by Gasteiger charge is -2.54. The first-order valence-electron chi connectivity index (χ1n) is 9.23. The van der Waals surface area contributed by atoms with Crippen molar-refractivity contribution in [3.8, 4) is 0 Å². The smallest absolute Gasteiger partial charge is 0.321 e. The molecule has 2 N–H and O–H groups in total. The lowest BCUT2D eigenvalue weighted by Crippen LogP contribution is -2.67. The topological polar surface area (TPSA) is 63.2 Å². The van der Waals surface area contributed by atoms with E-state index in [2.05, 4.69) is 29.5 Å². The lowest BCUT2D eigenvalue weighted by molar-refractivity contribution is -0.107. The zero-order chi connectivity index (χ0) is 19.2. The molecule has 27 heavy (non-hydrogen) atoms. The zero-order valence-electron chi connectivity index (χ0n) is 15.7. The van der Waals surface area contributed by atoms with Crippen LogP contribution in [-0.4, -0.2) is 29.8 Å². The van der Waals surface area contributed by atoms with Crippen LogP contribution in [0.4, 0.5) is 14.3 Å². The number of amides is 2. The molecule has 1 aromatic carbocycles. The predicted octanol–water partition coefficient (Wildman–Crippen LogP) is 4.12. The highest BCUT2D eigenvalue weighted by Crippen LogP contribution is 2.52. The number of nitrogens with one attached hydrogen (secondary N) is 2. The molecule has 1 saturated carbocycles. The van der Waals surface area contributed by atoms with Gasteiger partial charge in [0.15, 0.2) is 5.13 Å². The Hall–Kier alpha value is -1.99. The monoisotopic (exact) mass is 389 g/mol. The van der Waals surface area contributed by atoms with Crippen molar-refractivity contribution < 1.29 is 13.9 Å². The van der Waals surface area contributed by atoms with E-state index in [1.807, 2.05) is 6.07 Å². The number of rotatable bonds is 4. The highest BCUT2D eigenvalue weighted by molar-refractivity contribution is 7.15. The Bertz CT molecular complexity index is 867. The average molecular weight is 389 g/mol. The number of fused-ring (bicyclic) bond motifs is 1. The fourth-order valence-electron chi connectivity index (χ4n) is 4.29. The van der Waals surface area contributed by atoms with Crippen molar-refractivity contribution in [3.63, 3.8) is 0 Å². The lowest BCUT2D eigenvalue weighted by atomic mass is 9.57. The normalized spacial score (nSPS) is 25.6. The molecule has 2 fully saturated rings. The molecule has 1 saturated heterocycles. The van der Waals surface area contributed by atoms with Gasteiger partial charge in [-0.3, -0.25) is 5.32 Å². The highest BCUT2D eigenvalue weighted by Gasteiger charge is 2.59. The first-order chi connectivity index (χ1) is 12.8. The second-order valence-electron chi connectivity index (χ2n) is 8.03. The summed E-state index contributed by atoms with van der Waals surface area (Å²) in [5.74, 6) is 0.195. The van der Waals surface area contributed by atoms with E-state index in [1.165, 1.54) is 11.3 Å².